The van der Waals surface area contributed by atoms with Gasteiger partial charge in [0.15, 0.2) is 5.82 Å². The van der Waals surface area contributed by atoms with E-state index in [9.17, 15) is 13.2 Å². The van der Waals surface area contributed by atoms with Crippen molar-refractivity contribution in [2.24, 2.45) is 5.92 Å². The van der Waals surface area contributed by atoms with E-state index in [1.54, 1.807) is 27.0 Å². The molecular weight excluding hydrogens is 420 g/mol. The smallest absolute Gasteiger partial charge is 0.254 e. The molecule has 1 N–H and O–H groups in total. The topological polar surface area (TPSA) is 115 Å². The van der Waals surface area contributed by atoms with Crippen molar-refractivity contribution in [1.29, 1.82) is 0 Å². The highest BCUT2D eigenvalue weighted by Crippen LogP contribution is 2.50. The third-order valence-corrected chi connectivity index (χ3v) is 8.03. The van der Waals surface area contributed by atoms with E-state index in [0.717, 1.165) is 5.56 Å². The van der Waals surface area contributed by atoms with E-state index >= 15 is 0 Å². The van der Waals surface area contributed by atoms with Gasteiger partial charge in [-0.3, -0.25) is 4.79 Å². The number of hydrogen-bond acceptors (Lipinski definition) is 7. The zero-order valence-electron chi connectivity index (χ0n) is 18.2. The van der Waals surface area contributed by atoms with Crippen LogP contribution in [0.2, 0.25) is 0 Å². The molecule has 2 aliphatic rings. The molecule has 2 aromatic rings. The molecule has 1 saturated carbocycles. The molecule has 168 valence electrons. The Bertz CT molecular complexity index is 1100. The van der Waals surface area contributed by atoms with Crippen molar-refractivity contribution in [1.82, 2.24) is 19.8 Å². The van der Waals surface area contributed by atoms with Crippen LogP contribution in [0.25, 0.3) is 0 Å². The van der Waals surface area contributed by atoms with Crippen LogP contribution in [0, 0.1) is 19.8 Å². The molecule has 0 radical (unpaired) electrons. The number of nitrogens with one attached hydrogen (secondary N) is 1. The number of amides is 1. The number of methoxy groups -OCH3 is 1. The van der Waals surface area contributed by atoms with E-state index in [1.165, 1.54) is 0 Å². The molecule has 1 aromatic carbocycles. The van der Waals surface area contributed by atoms with Crippen molar-refractivity contribution in [3.05, 3.63) is 41.0 Å². The highest BCUT2D eigenvalue weighted by atomic mass is 32.2. The van der Waals surface area contributed by atoms with Gasteiger partial charge in [0.2, 0.25) is 15.9 Å². The third kappa shape index (κ3) is 3.82. The molecule has 1 saturated heterocycles. The Labute approximate surface area is 182 Å². The minimum Gasteiger partial charge on any atom is -0.496 e. The molecule has 1 aliphatic heterocycles. The number of fused-ring (bicyclic) bond motifs is 1. The van der Waals surface area contributed by atoms with Crippen molar-refractivity contribution in [2.45, 2.75) is 45.1 Å². The number of rotatable bonds is 6. The summed E-state index contributed by atoms with van der Waals surface area (Å²) in [5.41, 5.74) is 0.827. The van der Waals surface area contributed by atoms with Gasteiger partial charge in [0.05, 0.1) is 18.3 Å². The second kappa shape index (κ2) is 7.90. The van der Waals surface area contributed by atoms with Crippen molar-refractivity contribution in [3.63, 3.8) is 0 Å². The van der Waals surface area contributed by atoms with Gasteiger partial charge in [-0.2, -0.15) is 4.98 Å². The van der Waals surface area contributed by atoms with Crippen LogP contribution in [0.4, 0.5) is 0 Å². The Hall–Kier alpha value is -2.46. The molecule has 10 heteroatoms. The average molecular weight is 449 g/mol. The zero-order valence-corrected chi connectivity index (χ0v) is 19.0. The van der Waals surface area contributed by atoms with E-state index in [0.29, 0.717) is 49.0 Å². The normalized spacial score (nSPS) is 25.6. The van der Waals surface area contributed by atoms with Crippen LogP contribution in [-0.4, -0.2) is 61.4 Å². The largest absolute Gasteiger partial charge is 0.496 e. The molecule has 0 unspecified atom stereocenters. The highest BCUT2D eigenvalue weighted by molar-refractivity contribution is 7.89. The second-order valence-electron chi connectivity index (χ2n) is 8.48. The first kappa shape index (κ1) is 21.8. The molecule has 1 aromatic heterocycles. The summed E-state index contributed by atoms with van der Waals surface area (Å²) in [5, 5.41) is 3.95. The number of nitrogens with zero attached hydrogens (tertiary/aromatic N) is 3. The molecule has 4 rings (SSSR count). The molecule has 3 atom stereocenters. The Morgan fingerprint density at radius 3 is 2.81 bits per heavy atom. The van der Waals surface area contributed by atoms with Crippen molar-refractivity contribution < 1.29 is 22.5 Å². The van der Waals surface area contributed by atoms with Gasteiger partial charge in [-0.25, -0.2) is 13.1 Å². The summed E-state index contributed by atoms with van der Waals surface area (Å²) >= 11 is 0. The molecule has 0 spiro atoms. The predicted octanol–water partition coefficient (Wildman–Crippen LogP) is 1.81. The Morgan fingerprint density at radius 1 is 1.39 bits per heavy atom. The number of hydrogen-bond donors (Lipinski definition) is 1. The monoisotopic (exact) mass is 448 g/mol. The average Bonchev–Trinajstić information content (AvgIpc) is 3.40. The van der Waals surface area contributed by atoms with Gasteiger partial charge in [-0.1, -0.05) is 11.2 Å². The minimum absolute atomic E-state index is 0.0202. The summed E-state index contributed by atoms with van der Waals surface area (Å²) in [5.74, 6) is 1.64. The Balaban J connectivity index is 1.64. The van der Waals surface area contributed by atoms with Crippen molar-refractivity contribution in [2.75, 3.05) is 26.0 Å². The van der Waals surface area contributed by atoms with Gasteiger partial charge in [0.1, 0.15) is 5.75 Å². The SMILES string of the molecule is CCS(=O)(=O)N[C@@H]1C[C@H]2CN(C(=O)c3cccc(OC)c3C)C[C@@]2(c2nc(C)no2)C1. The lowest BCUT2D eigenvalue weighted by atomic mass is 9.80. The van der Waals surface area contributed by atoms with Crippen LogP contribution in [0.15, 0.2) is 22.7 Å². The van der Waals surface area contributed by atoms with E-state index < -0.39 is 15.4 Å². The highest BCUT2D eigenvalue weighted by Gasteiger charge is 2.58. The van der Waals surface area contributed by atoms with Gasteiger partial charge in [-0.15, -0.1) is 0 Å². The number of sulfonamides is 1. The zero-order chi connectivity index (χ0) is 22.4. The van der Waals surface area contributed by atoms with E-state index in [-0.39, 0.29) is 23.6 Å². The first-order valence-electron chi connectivity index (χ1n) is 10.4. The fraction of sp³-hybridized carbons (Fsp3) is 0.571. The molecule has 2 fully saturated rings. The molecule has 0 bridgehead atoms. The van der Waals surface area contributed by atoms with Crippen LogP contribution >= 0.6 is 0 Å². The molecule has 1 aliphatic carbocycles. The van der Waals surface area contributed by atoms with Crippen LogP contribution in [-0.2, 0) is 15.4 Å². The maximum Gasteiger partial charge on any atom is 0.254 e. The predicted molar refractivity (Wildman–Crippen MR) is 113 cm³/mol. The standard InChI is InChI=1S/C21H28N4O5S/c1-5-31(27,28)24-16-9-15-11-25(12-21(15,10-16)20-22-14(3)23-30-20)19(26)17-7-6-8-18(29-4)13(17)2/h6-8,15-16,24H,5,9-12H2,1-4H3/t15-,16+,21-/m0/s1. The van der Waals surface area contributed by atoms with Crippen LogP contribution in [0.3, 0.4) is 0 Å². The maximum atomic E-state index is 13.4. The van der Waals surface area contributed by atoms with Gasteiger partial charge in [0, 0.05) is 30.3 Å². The lowest BCUT2D eigenvalue weighted by Gasteiger charge is -2.25. The summed E-state index contributed by atoms with van der Waals surface area (Å²) in [4.78, 5) is 19.7. The minimum atomic E-state index is -3.33. The summed E-state index contributed by atoms with van der Waals surface area (Å²) < 4.78 is 38.0. The number of carbonyl (C=O) groups excluding carboxylic acids is 1. The molecule has 9 nitrogen and oxygen atoms in total. The van der Waals surface area contributed by atoms with E-state index in [1.807, 2.05) is 24.0 Å². The molecule has 1 amide bonds. The molecule has 2 heterocycles. The summed E-state index contributed by atoms with van der Waals surface area (Å²) in [6.07, 6.45) is 1.13. The number of aromatic nitrogens is 2. The summed E-state index contributed by atoms with van der Waals surface area (Å²) in [6.45, 7) is 6.14. The van der Waals surface area contributed by atoms with Crippen molar-refractivity contribution in [3.8, 4) is 5.75 Å². The number of aryl methyl sites for hydroxylation is 1. The van der Waals surface area contributed by atoms with Crippen LogP contribution in [0.1, 0.15) is 47.4 Å². The maximum absolute atomic E-state index is 13.4. The van der Waals surface area contributed by atoms with Gasteiger partial charge in [0.25, 0.3) is 5.91 Å². The number of ether oxygens (including phenoxy) is 1. The first-order chi connectivity index (χ1) is 14.7. The van der Waals surface area contributed by atoms with E-state index in [2.05, 4.69) is 14.9 Å². The van der Waals surface area contributed by atoms with Gasteiger partial charge in [-0.05, 0) is 51.7 Å². The third-order valence-electron chi connectivity index (χ3n) is 6.58. The lowest BCUT2D eigenvalue weighted by molar-refractivity contribution is 0.0772. The molecule has 31 heavy (non-hydrogen) atoms. The van der Waals surface area contributed by atoms with Gasteiger partial charge < -0.3 is 14.2 Å². The number of likely N-dealkylation sites (tertiary alicyclic amines) is 1. The van der Waals surface area contributed by atoms with Crippen molar-refractivity contribution >= 4 is 15.9 Å². The Kier molecular flexibility index (Phi) is 5.55. The quantitative estimate of drug-likeness (QED) is 0.717. The van der Waals surface area contributed by atoms with Crippen LogP contribution in [0.5, 0.6) is 5.75 Å². The summed E-state index contributed by atoms with van der Waals surface area (Å²) in [6, 6.07) is 5.22. The van der Waals surface area contributed by atoms with E-state index in [4.69, 9.17) is 9.26 Å². The Morgan fingerprint density at radius 2 is 2.16 bits per heavy atom. The fourth-order valence-corrected chi connectivity index (χ4v) is 5.88. The number of benzene rings is 1. The molecular formula is C21H28N4O5S. The fourth-order valence-electron chi connectivity index (χ4n) is 5.02. The number of carbonyl (C=O) groups is 1. The first-order valence-corrected chi connectivity index (χ1v) is 12.1. The van der Waals surface area contributed by atoms with Gasteiger partial charge >= 0.3 is 0 Å². The van der Waals surface area contributed by atoms with Crippen LogP contribution < -0.4 is 9.46 Å². The lowest BCUT2D eigenvalue weighted by Crippen LogP contribution is -2.40. The second-order valence-corrected chi connectivity index (χ2v) is 10.5. The summed E-state index contributed by atoms with van der Waals surface area (Å²) in [7, 11) is -1.75.